The predicted molar refractivity (Wildman–Crippen MR) is 112 cm³/mol. The normalized spacial score (nSPS) is 10.6. The Hall–Kier alpha value is -4.00. The zero-order valence-electron chi connectivity index (χ0n) is 16.6. The molecule has 0 saturated carbocycles. The van der Waals surface area contributed by atoms with Crippen LogP contribution in [-0.2, 0) is 6.61 Å². The molecule has 1 N–H and O–H groups in total. The van der Waals surface area contributed by atoms with Crippen LogP contribution in [0.1, 0.15) is 21.5 Å². The molecule has 0 spiro atoms. The highest BCUT2D eigenvalue weighted by atomic mass is 16.5. The van der Waals surface area contributed by atoms with Crippen molar-refractivity contribution in [3.8, 4) is 17.2 Å². The lowest BCUT2D eigenvalue weighted by Gasteiger charge is -2.12. The number of carbonyl (C=O) groups is 1. The summed E-state index contributed by atoms with van der Waals surface area (Å²) in [5.74, 6) is 0.907. The molecular formula is C23H21N2O5-. The van der Waals surface area contributed by atoms with Crippen LogP contribution in [0.4, 0.5) is 5.69 Å². The van der Waals surface area contributed by atoms with Gasteiger partial charge in [0.05, 0.1) is 32.1 Å². The summed E-state index contributed by atoms with van der Waals surface area (Å²) in [6.45, 7) is 0.316. The van der Waals surface area contributed by atoms with E-state index in [-0.39, 0.29) is 5.56 Å². The molecule has 0 aromatic heterocycles. The van der Waals surface area contributed by atoms with Gasteiger partial charge in [0.2, 0.25) is 0 Å². The minimum absolute atomic E-state index is 0.111. The number of carbonyl (C=O) groups excluding carboxylic acids is 1. The molecule has 0 aliphatic carbocycles. The summed E-state index contributed by atoms with van der Waals surface area (Å²) in [5, 5.41) is 15.0. The fourth-order valence-electron chi connectivity index (χ4n) is 2.71. The molecule has 7 nitrogen and oxygen atoms in total. The maximum atomic E-state index is 10.8. The van der Waals surface area contributed by atoms with Crippen molar-refractivity contribution in [2.45, 2.75) is 6.61 Å². The lowest BCUT2D eigenvalue weighted by Crippen LogP contribution is -2.21. The molecule has 3 aromatic rings. The van der Waals surface area contributed by atoms with Crippen LogP contribution < -0.4 is 24.7 Å². The predicted octanol–water partition coefficient (Wildman–Crippen LogP) is 3.09. The van der Waals surface area contributed by atoms with Crippen molar-refractivity contribution >= 4 is 17.9 Å². The molecule has 0 amide bonds. The van der Waals surface area contributed by atoms with E-state index in [0.29, 0.717) is 23.8 Å². The van der Waals surface area contributed by atoms with Crippen LogP contribution in [0.2, 0.25) is 0 Å². The molecule has 0 heterocycles. The fourth-order valence-corrected chi connectivity index (χ4v) is 2.71. The summed E-state index contributed by atoms with van der Waals surface area (Å²) >= 11 is 0. The molecule has 0 fully saturated rings. The van der Waals surface area contributed by atoms with E-state index < -0.39 is 5.97 Å². The Kier molecular flexibility index (Phi) is 6.89. The maximum Gasteiger partial charge on any atom is 0.125 e. The molecule has 0 unspecified atom stereocenters. The SMILES string of the molecule is COc1cccc(OCc2cc(/C=N\Nc3ccc(C(=O)[O-])cc3)ccc2OC)c1. The van der Waals surface area contributed by atoms with Crippen LogP contribution >= 0.6 is 0 Å². The van der Waals surface area contributed by atoms with Crippen LogP contribution in [0.15, 0.2) is 71.8 Å². The monoisotopic (exact) mass is 405 g/mol. The third kappa shape index (κ3) is 5.51. The van der Waals surface area contributed by atoms with Gasteiger partial charge in [0.25, 0.3) is 0 Å². The summed E-state index contributed by atoms with van der Waals surface area (Å²) in [7, 11) is 3.21. The van der Waals surface area contributed by atoms with Gasteiger partial charge in [-0.25, -0.2) is 0 Å². The molecule has 0 saturated heterocycles. The molecule has 154 valence electrons. The van der Waals surface area contributed by atoms with Crippen LogP contribution in [0.25, 0.3) is 0 Å². The number of methoxy groups -OCH3 is 2. The fraction of sp³-hybridized carbons (Fsp3) is 0.130. The van der Waals surface area contributed by atoms with Gasteiger partial charge < -0.3 is 24.1 Å². The van der Waals surface area contributed by atoms with Crippen LogP contribution in [0, 0.1) is 0 Å². The quantitative estimate of drug-likeness (QED) is 0.434. The van der Waals surface area contributed by atoms with Gasteiger partial charge in [0.15, 0.2) is 0 Å². The van der Waals surface area contributed by atoms with Crippen molar-refractivity contribution in [1.29, 1.82) is 0 Å². The molecule has 0 aliphatic heterocycles. The minimum Gasteiger partial charge on any atom is -0.545 e. The molecule has 0 atom stereocenters. The van der Waals surface area contributed by atoms with Gasteiger partial charge in [-0.3, -0.25) is 5.43 Å². The summed E-state index contributed by atoms with van der Waals surface area (Å²) < 4.78 is 16.5. The zero-order chi connectivity index (χ0) is 21.3. The van der Waals surface area contributed by atoms with Crippen molar-refractivity contribution < 1.29 is 24.1 Å². The van der Waals surface area contributed by atoms with Crippen molar-refractivity contribution in [1.82, 2.24) is 0 Å². The largest absolute Gasteiger partial charge is 0.545 e. The summed E-state index contributed by atoms with van der Waals surface area (Å²) in [4.78, 5) is 10.8. The van der Waals surface area contributed by atoms with E-state index in [1.807, 2.05) is 42.5 Å². The van der Waals surface area contributed by atoms with Gasteiger partial charge in [-0.2, -0.15) is 5.10 Å². The van der Waals surface area contributed by atoms with Crippen molar-refractivity contribution in [3.63, 3.8) is 0 Å². The van der Waals surface area contributed by atoms with E-state index >= 15 is 0 Å². The number of anilines is 1. The molecule has 30 heavy (non-hydrogen) atoms. The maximum absolute atomic E-state index is 10.8. The Morgan fingerprint density at radius 2 is 1.77 bits per heavy atom. The van der Waals surface area contributed by atoms with Crippen molar-refractivity contribution in [3.05, 3.63) is 83.4 Å². The number of hydrazone groups is 1. The number of aromatic carboxylic acids is 1. The van der Waals surface area contributed by atoms with Crippen LogP contribution in [0.3, 0.4) is 0 Å². The van der Waals surface area contributed by atoms with E-state index in [9.17, 15) is 9.90 Å². The second kappa shape index (κ2) is 9.97. The molecule has 3 rings (SSSR count). The average Bonchev–Trinajstić information content (AvgIpc) is 2.78. The number of nitrogens with zero attached hydrogens (tertiary/aromatic N) is 1. The smallest absolute Gasteiger partial charge is 0.125 e. The standard InChI is InChI=1S/C23H22N2O5/c1-28-20-4-3-5-21(13-20)30-15-18-12-16(6-11-22(18)29-2)14-24-25-19-9-7-17(8-10-19)23(26)27/h3-14,25H,15H2,1-2H3,(H,26,27)/p-1/b24-14-. The summed E-state index contributed by atoms with van der Waals surface area (Å²) in [6.07, 6.45) is 1.65. The number of carboxylic acid groups (broad SMARTS) is 1. The average molecular weight is 405 g/mol. The third-order valence-corrected chi connectivity index (χ3v) is 4.27. The first-order chi connectivity index (χ1) is 14.6. The number of benzene rings is 3. The number of hydrogen-bond acceptors (Lipinski definition) is 7. The Labute approximate surface area is 174 Å². The topological polar surface area (TPSA) is 92.2 Å². The van der Waals surface area contributed by atoms with Gasteiger partial charge in [0.1, 0.15) is 23.9 Å². The molecule has 0 bridgehead atoms. The number of ether oxygens (including phenoxy) is 3. The van der Waals surface area contributed by atoms with Crippen molar-refractivity contribution in [2.24, 2.45) is 5.10 Å². The van der Waals surface area contributed by atoms with E-state index in [0.717, 1.165) is 16.9 Å². The highest BCUT2D eigenvalue weighted by Crippen LogP contribution is 2.24. The Morgan fingerprint density at radius 3 is 2.47 bits per heavy atom. The van der Waals surface area contributed by atoms with Crippen LogP contribution in [-0.4, -0.2) is 26.4 Å². The van der Waals surface area contributed by atoms with Gasteiger partial charge >= 0.3 is 0 Å². The molecule has 0 radical (unpaired) electrons. The Bertz CT molecular complexity index is 1030. The lowest BCUT2D eigenvalue weighted by molar-refractivity contribution is -0.255. The van der Waals surface area contributed by atoms with Crippen molar-refractivity contribution in [2.75, 3.05) is 19.6 Å². The van der Waals surface area contributed by atoms with E-state index in [4.69, 9.17) is 14.2 Å². The Morgan fingerprint density at radius 1 is 1.00 bits per heavy atom. The lowest BCUT2D eigenvalue weighted by atomic mass is 10.1. The number of rotatable bonds is 9. The van der Waals surface area contributed by atoms with Crippen LogP contribution in [0.5, 0.6) is 17.2 Å². The minimum atomic E-state index is -1.22. The zero-order valence-corrected chi connectivity index (χ0v) is 16.6. The molecule has 3 aromatic carbocycles. The summed E-state index contributed by atoms with van der Waals surface area (Å²) in [6, 6.07) is 19.2. The third-order valence-electron chi connectivity index (χ3n) is 4.27. The number of hydrogen-bond donors (Lipinski definition) is 1. The summed E-state index contributed by atoms with van der Waals surface area (Å²) in [5.41, 5.74) is 5.34. The van der Waals surface area contributed by atoms with Gasteiger partial charge in [-0.15, -0.1) is 0 Å². The Balaban J connectivity index is 1.67. The first-order valence-corrected chi connectivity index (χ1v) is 9.13. The second-order valence-electron chi connectivity index (χ2n) is 6.27. The van der Waals surface area contributed by atoms with E-state index in [1.165, 1.54) is 12.1 Å². The van der Waals surface area contributed by atoms with E-state index in [2.05, 4.69) is 10.5 Å². The highest BCUT2D eigenvalue weighted by Gasteiger charge is 2.06. The number of nitrogens with one attached hydrogen (secondary N) is 1. The van der Waals surface area contributed by atoms with Gasteiger partial charge in [-0.1, -0.05) is 18.2 Å². The first-order valence-electron chi connectivity index (χ1n) is 9.13. The first kappa shape index (κ1) is 20.7. The van der Waals surface area contributed by atoms with Gasteiger partial charge in [0, 0.05) is 11.6 Å². The number of carboxylic acids is 1. The van der Waals surface area contributed by atoms with Gasteiger partial charge in [-0.05, 0) is 53.6 Å². The molecule has 0 aliphatic rings. The molecule has 7 heteroatoms. The van der Waals surface area contributed by atoms with E-state index in [1.54, 1.807) is 32.6 Å². The second-order valence-corrected chi connectivity index (χ2v) is 6.27. The molecular weight excluding hydrogens is 384 g/mol. The highest BCUT2D eigenvalue weighted by molar-refractivity contribution is 5.86.